The van der Waals surface area contributed by atoms with E-state index in [0.29, 0.717) is 5.56 Å². The van der Waals surface area contributed by atoms with Gasteiger partial charge < -0.3 is 5.11 Å². The lowest BCUT2D eigenvalue weighted by Gasteiger charge is -2.11. The highest BCUT2D eigenvalue weighted by molar-refractivity contribution is 14.1. The molecule has 1 aromatic carbocycles. The Morgan fingerprint density at radius 2 is 1.80 bits per heavy atom. The van der Waals surface area contributed by atoms with E-state index in [9.17, 15) is 18.3 Å². The predicted molar refractivity (Wildman–Crippen MR) is 59.6 cm³/mol. The molecule has 82 valence electrons. The summed E-state index contributed by atoms with van der Waals surface area (Å²) in [6.45, 7) is 0. The van der Waals surface area contributed by atoms with Crippen molar-refractivity contribution in [3.05, 3.63) is 45.6 Å². The summed E-state index contributed by atoms with van der Waals surface area (Å²) in [4.78, 5) is 0. The molecule has 0 fully saturated rings. The predicted octanol–water partition coefficient (Wildman–Crippen LogP) is 3.60. The third-order valence-electron chi connectivity index (χ3n) is 1.68. The van der Waals surface area contributed by atoms with Gasteiger partial charge in [-0.25, -0.2) is 0 Å². The molecule has 0 aromatic heterocycles. The zero-order valence-electron chi connectivity index (χ0n) is 7.50. The van der Waals surface area contributed by atoms with E-state index < -0.39 is 12.3 Å². The van der Waals surface area contributed by atoms with Crippen LogP contribution in [-0.4, -0.2) is 11.3 Å². The maximum absolute atomic E-state index is 12.0. The second-order valence-electron chi connectivity index (χ2n) is 2.88. The molecule has 1 rings (SSSR count). The van der Waals surface area contributed by atoms with Gasteiger partial charge in [0.2, 0.25) is 0 Å². The molecule has 1 unspecified atom stereocenters. The Labute approximate surface area is 98.8 Å². The molecule has 5 heteroatoms. The molecule has 0 heterocycles. The Bertz CT molecular complexity index is 345. The molecule has 0 amide bonds. The zero-order valence-corrected chi connectivity index (χ0v) is 9.66. The number of benzene rings is 1. The largest absolute Gasteiger partial charge is 0.410 e. The highest BCUT2D eigenvalue weighted by Crippen LogP contribution is 2.30. The van der Waals surface area contributed by atoms with Crippen molar-refractivity contribution in [2.45, 2.75) is 12.3 Å². The van der Waals surface area contributed by atoms with Gasteiger partial charge in [0.15, 0.2) is 0 Å². The number of hydrogen-bond acceptors (Lipinski definition) is 1. The Balaban J connectivity index is 2.87. The summed E-state index contributed by atoms with van der Waals surface area (Å²) in [5.74, 6) is 0. The summed E-state index contributed by atoms with van der Waals surface area (Å²) in [5, 5.41) is 9.58. The molecule has 15 heavy (non-hydrogen) atoms. The van der Waals surface area contributed by atoms with Crippen LogP contribution in [0.4, 0.5) is 13.2 Å². The van der Waals surface area contributed by atoms with Gasteiger partial charge in [0.05, 0.1) is 0 Å². The molecule has 0 aliphatic rings. The topological polar surface area (TPSA) is 20.2 Å². The van der Waals surface area contributed by atoms with Gasteiger partial charge in [-0.2, -0.15) is 13.2 Å². The highest BCUT2D eigenvalue weighted by Gasteiger charge is 2.26. The second kappa shape index (κ2) is 4.98. The number of hydrogen-bond donors (Lipinski definition) is 1. The van der Waals surface area contributed by atoms with Crippen LogP contribution in [0.1, 0.15) is 11.7 Å². The van der Waals surface area contributed by atoms with Crippen LogP contribution in [0.5, 0.6) is 0 Å². The van der Waals surface area contributed by atoms with Crippen LogP contribution >= 0.6 is 22.6 Å². The molecule has 0 radical (unpaired) electrons. The molecule has 0 bridgehead atoms. The van der Waals surface area contributed by atoms with Gasteiger partial charge in [-0.05, 0) is 28.2 Å². The summed E-state index contributed by atoms with van der Waals surface area (Å²) in [6, 6.07) is 8.21. The van der Waals surface area contributed by atoms with Crippen LogP contribution in [0.25, 0.3) is 0 Å². The van der Waals surface area contributed by atoms with Gasteiger partial charge in [0, 0.05) is 9.66 Å². The number of allylic oxidation sites excluding steroid dienone is 1. The van der Waals surface area contributed by atoms with Gasteiger partial charge in [0.1, 0.15) is 6.10 Å². The Kier molecular flexibility index (Phi) is 4.15. The van der Waals surface area contributed by atoms with E-state index in [1.807, 2.05) is 0 Å². The van der Waals surface area contributed by atoms with E-state index >= 15 is 0 Å². The molecule has 0 spiro atoms. The molecule has 0 saturated carbocycles. The van der Waals surface area contributed by atoms with Crippen molar-refractivity contribution in [1.29, 1.82) is 0 Å². The van der Waals surface area contributed by atoms with Crippen LogP contribution in [-0.2, 0) is 0 Å². The van der Waals surface area contributed by atoms with Crippen LogP contribution in [0.2, 0.25) is 0 Å². The van der Waals surface area contributed by atoms with Crippen LogP contribution in [0.15, 0.2) is 40.0 Å². The lowest BCUT2D eigenvalue weighted by molar-refractivity contribution is -0.0807. The summed E-state index contributed by atoms with van der Waals surface area (Å²) in [6.07, 6.45) is -5.51. The number of alkyl halides is 3. The van der Waals surface area contributed by atoms with Gasteiger partial charge >= 0.3 is 6.18 Å². The first-order valence-electron chi connectivity index (χ1n) is 4.08. The van der Waals surface area contributed by atoms with Crippen LogP contribution in [0.3, 0.4) is 0 Å². The smallest absolute Gasteiger partial charge is 0.383 e. The van der Waals surface area contributed by atoms with Gasteiger partial charge in [0.25, 0.3) is 0 Å². The molecule has 1 nitrogen and oxygen atoms in total. The highest BCUT2D eigenvalue weighted by atomic mass is 127. The fourth-order valence-corrected chi connectivity index (χ4v) is 1.74. The van der Waals surface area contributed by atoms with Gasteiger partial charge in [-0.15, -0.1) is 0 Å². The zero-order chi connectivity index (χ0) is 11.5. The van der Waals surface area contributed by atoms with Crippen LogP contribution < -0.4 is 0 Å². The minimum Gasteiger partial charge on any atom is -0.383 e. The van der Waals surface area contributed by atoms with Crippen molar-refractivity contribution in [2.24, 2.45) is 0 Å². The quantitative estimate of drug-likeness (QED) is 0.823. The Hall–Kier alpha value is -0.560. The van der Waals surface area contributed by atoms with Crippen molar-refractivity contribution in [3.8, 4) is 0 Å². The fraction of sp³-hybridized carbons (Fsp3) is 0.200. The molecule has 0 saturated heterocycles. The molecule has 1 atom stereocenters. The fourth-order valence-electron chi connectivity index (χ4n) is 1.03. The van der Waals surface area contributed by atoms with Crippen LogP contribution in [0, 0.1) is 0 Å². The number of halogens is 4. The van der Waals surface area contributed by atoms with Crippen molar-refractivity contribution in [2.75, 3.05) is 0 Å². The molecule has 1 aromatic rings. The lowest BCUT2D eigenvalue weighted by Crippen LogP contribution is -2.05. The maximum atomic E-state index is 12.0. The molecular formula is C10H8F3IO. The first-order chi connectivity index (χ1) is 6.90. The minimum atomic E-state index is -4.40. The first-order valence-corrected chi connectivity index (χ1v) is 5.16. The molecule has 1 N–H and O–H groups in total. The summed E-state index contributed by atoms with van der Waals surface area (Å²) in [5.41, 5.74) is 0.447. The third-order valence-corrected chi connectivity index (χ3v) is 2.58. The average molecular weight is 328 g/mol. The minimum absolute atomic E-state index is 0.102. The van der Waals surface area contributed by atoms with Gasteiger partial charge in [-0.3, -0.25) is 0 Å². The number of aliphatic hydroxyl groups excluding tert-OH is 1. The van der Waals surface area contributed by atoms with E-state index in [1.54, 1.807) is 30.3 Å². The first kappa shape index (κ1) is 12.5. The summed E-state index contributed by atoms with van der Waals surface area (Å²) >= 11 is 1.49. The van der Waals surface area contributed by atoms with E-state index in [2.05, 4.69) is 0 Å². The third kappa shape index (κ3) is 4.21. The van der Waals surface area contributed by atoms with E-state index in [-0.39, 0.29) is 9.66 Å². The Morgan fingerprint density at radius 3 is 2.27 bits per heavy atom. The second-order valence-corrected chi connectivity index (χ2v) is 4.13. The summed E-state index contributed by atoms with van der Waals surface area (Å²) < 4.78 is 35.8. The lowest BCUT2D eigenvalue weighted by atomic mass is 10.1. The number of aliphatic hydroxyl groups is 1. The van der Waals surface area contributed by atoms with Gasteiger partial charge in [-0.1, -0.05) is 30.3 Å². The molecule has 0 aliphatic carbocycles. The average Bonchev–Trinajstić information content (AvgIpc) is 2.15. The van der Waals surface area contributed by atoms with E-state index in [4.69, 9.17) is 0 Å². The monoisotopic (exact) mass is 328 g/mol. The van der Waals surface area contributed by atoms with Crippen molar-refractivity contribution in [1.82, 2.24) is 0 Å². The SMILES string of the molecule is OC(/C(I)=C/C(F)(F)F)c1ccccc1. The standard InChI is InChI=1S/C10H8F3IO/c11-10(12,13)6-8(14)9(15)7-4-2-1-3-5-7/h1-6,9,15H/b8-6-. The van der Waals surface area contributed by atoms with E-state index in [0.717, 1.165) is 0 Å². The summed E-state index contributed by atoms with van der Waals surface area (Å²) in [7, 11) is 0. The van der Waals surface area contributed by atoms with Crippen molar-refractivity contribution < 1.29 is 18.3 Å². The normalized spacial score (nSPS) is 15.1. The maximum Gasteiger partial charge on any atom is 0.410 e. The van der Waals surface area contributed by atoms with Crippen molar-refractivity contribution in [3.63, 3.8) is 0 Å². The Morgan fingerprint density at radius 1 is 1.27 bits per heavy atom. The molecular weight excluding hydrogens is 320 g/mol. The molecule has 0 aliphatic heterocycles. The van der Waals surface area contributed by atoms with Crippen molar-refractivity contribution >= 4 is 22.6 Å². The van der Waals surface area contributed by atoms with E-state index in [1.165, 1.54) is 22.6 Å². The number of rotatable bonds is 2.